The van der Waals surface area contributed by atoms with Gasteiger partial charge in [-0.1, -0.05) is 18.8 Å². The van der Waals surface area contributed by atoms with Crippen LogP contribution in [0.3, 0.4) is 0 Å². The maximum Gasteiger partial charge on any atom is 0.336 e. The molecule has 0 fully saturated rings. The highest BCUT2D eigenvalue weighted by Crippen LogP contribution is 2.01. The zero-order valence-corrected chi connectivity index (χ0v) is 8.56. The first-order valence-corrected chi connectivity index (χ1v) is 5.12. The summed E-state index contributed by atoms with van der Waals surface area (Å²) >= 11 is 0. The Kier molecular flexibility index (Phi) is 5.26. The molecule has 15 heavy (non-hydrogen) atoms. The third-order valence-electron chi connectivity index (χ3n) is 1.98. The number of urea groups is 1. The van der Waals surface area contributed by atoms with Gasteiger partial charge in [-0.05, 0) is 18.8 Å². The Bertz CT molecular complexity index is 291. The van der Waals surface area contributed by atoms with Crippen molar-refractivity contribution in [2.24, 2.45) is 0 Å². The minimum atomic E-state index is -0.562. The minimum absolute atomic E-state index is 0.562. The minimum Gasteiger partial charge on any atom is -0.273 e. The van der Waals surface area contributed by atoms with E-state index in [1.807, 2.05) is 0 Å². The zero-order valence-electron chi connectivity index (χ0n) is 8.56. The first-order valence-electron chi connectivity index (χ1n) is 5.12. The molecule has 0 unspecified atom stereocenters. The maximum absolute atomic E-state index is 11.0. The molecule has 5 nitrogen and oxygen atoms in total. The van der Waals surface area contributed by atoms with Crippen LogP contribution in [0.2, 0.25) is 0 Å². The fourth-order valence-electron chi connectivity index (χ4n) is 1.23. The van der Waals surface area contributed by atoms with Gasteiger partial charge in [-0.15, -0.1) is 0 Å². The highest BCUT2D eigenvalue weighted by atomic mass is 16.2. The topological polar surface area (TPSA) is 70.2 Å². The summed E-state index contributed by atoms with van der Waals surface area (Å²) in [5.41, 5.74) is 5.09. The molecule has 0 aromatic rings. The van der Waals surface area contributed by atoms with Crippen molar-refractivity contribution in [3.05, 3.63) is 0 Å². The molecule has 5 heteroatoms. The van der Waals surface area contributed by atoms with Gasteiger partial charge >= 0.3 is 11.9 Å². The number of carbonyl (C=O) groups excluding carboxylic acids is 2. The summed E-state index contributed by atoms with van der Waals surface area (Å²) in [5, 5.41) is 2.09. The molecule has 0 spiro atoms. The van der Waals surface area contributed by atoms with Gasteiger partial charge in [0.1, 0.15) is 0 Å². The fraction of sp³-hybridized carbons (Fsp3) is 0.600. The first-order chi connectivity index (χ1) is 7.29. The van der Waals surface area contributed by atoms with E-state index in [0.717, 1.165) is 25.7 Å². The molecule has 1 rings (SSSR count). The van der Waals surface area contributed by atoms with Crippen molar-refractivity contribution < 1.29 is 9.59 Å². The molecule has 1 aliphatic heterocycles. The van der Waals surface area contributed by atoms with Gasteiger partial charge in [-0.3, -0.25) is 15.5 Å². The van der Waals surface area contributed by atoms with Gasteiger partial charge in [-0.25, -0.2) is 10.2 Å². The van der Waals surface area contributed by atoms with E-state index in [1.165, 1.54) is 0 Å². The fourth-order valence-corrected chi connectivity index (χ4v) is 1.23. The van der Waals surface area contributed by atoms with Gasteiger partial charge in [0.05, 0.1) is 0 Å². The lowest BCUT2D eigenvalue weighted by atomic mass is 10.1. The monoisotopic (exact) mass is 209 g/mol. The summed E-state index contributed by atoms with van der Waals surface area (Å²) in [6.07, 6.45) is 4.92. The van der Waals surface area contributed by atoms with E-state index in [4.69, 9.17) is 0 Å². The average molecular weight is 209 g/mol. The molecule has 0 radical (unpaired) electrons. The molecule has 3 N–H and O–H groups in total. The highest BCUT2D eigenvalue weighted by molar-refractivity contribution is 6.03. The Hall–Kier alpha value is -1.54. The van der Waals surface area contributed by atoms with Crippen LogP contribution in [0.25, 0.3) is 0 Å². The van der Waals surface area contributed by atoms with Gasteiger partial charge < -0.3 is 0 Å². The second-order valence-corrected chi connectivity index (χ2v) is 3.30. The molecule has 1 heterocycles. The predicted molar refractivity (Wildman–Crippen MR) is 55.5 cm³/mol. The Morgan fingerprint density at radius 1 is 1.07 bits per heavy atom. The van der Waals surface area contributed by atoms with Crippen molar-refractivity contribution >= 4 is 11.9 Å². The van der Waals surface area contributed by atoms with Gasteiger partial charge in [0.15, 0.2) is 0 Å². The van der Waals surface area contributed by atoms with Crippen LogP contribution in [-0.4, -0.2) is 18.5 Å². The van der Waals surface area contributed by atoms with Gasteiger partial charge in [0.25, 0.3) is 0 Å². The van der Waals surface area contributed by atoms with Crippen molar-refractivity contribution in [1.29, 1.82) is 0 Å². The van der Waals surface area contributed by atoms with Crippen LogP contribution in [0.1, 0.15) is 32.1 Å². The van der Waals surface area contributed by atoms with Crippen molar-refractivity contribution in [1.82, 2.24) is 16.2 Å². The van der Waals surface area contributed by atoms with Crippen LogP contribution >= 0.6 is 0 Å². The third kappa shape index (κ3) is 5.70. The van der Waals surface area contributed by atoms with E-state index in [-0.39, 0.29) is 0 Å². The van der Waals surface area contributed by atoms with Crippen LogP contribution in [0, 0.1) is 11.8 Å². The molecular weight excluding hydrogens is 194 g/mol. The number of amides is 3. The van der Waals surface area contributed by atoms with E-state index in [9.17, 15) is 9.59 Å². The number of hydrogen-bond donors (Lipinski definition) is 3. The van der Waals surface area contributed by atoms with Crippen molar-refractivity contribution in [2.45, 2.75) is 32.1 Å². The van der Waals surface area contributed by atoms with Crippen molar-refractivity contribution in [3.8, 4) is 11.8 Å². The summed E-state index contributed by atoms with van der Waals surface area (Å²) in [4.78, 5) is 22.0. The number of nitrogens with one attached hydrogen (secondary N) is 3. The third-order valence-corrected chi connectivity index (χ3v) is 1.98. The Balaban J connectivity index is 2.42. The standard InChI is InChI=1S/C10H15N3O2/c14-9-7-5-3-1-2-4-6-8-11-13-10(15)12-9/h11H,1-4,6,8H2,(H2,12,13,14,15). The lowest BCUT2D eigenvalue weighted by molar-refractivity contribution is -0.114. The molecule has 0 saturated heterocycles. The SMILES string of the molecule is O=C1C#CCCCCCCNNC(=O)N1. The molecule has 3 amide bonds. The molecule has 0 saturated carbocycles. The molecule has 0 aliphatic carbocycles. The number of imide groups is 1. The number of carbonyl (C=O) groups is 2. The summed E-state index contributed by atoms with van der Waals surface area (Å²) in [6.45, 7) is 0.711. The van der Waals surface area contributed by atoms with E-state index >= 15 is 0 Å². The van der Waals surface area contributed by atoms with Crippen LogP contribution in [0.5, 0.6) is 0 Å². The number of rotatable bonds is 0. The number of hydrogen-bond acceptors (Lipinski definition) is 3. The largest absolute Gasteiger partial charge is 0.336 e. The van der Waals surface area contributed by atoms with Gasteiger partial charge in [0, 0.05) is 13.0 Å². The van der Waals surface area contributed by atoms with E-state index in [1.54, 1.807) is 0 Å². The maximum atomic E-state index is 11.0. The van der Waals surface area contributed by atoms with Crippen LogP contribution in [0.4, 0.5) is 4.79 Å². The van der Waals surface area contributed by atoms with Gasteiger partial charge in [0.2, 0.25) is 0 Å². The van der Waals surface area contributed by atoms with E-state index < -0.39 is 11.9 Å². The summed E-state index contributed by atoms with van der Waals surface area (Å²) in [6, 6.07) is -0.562. The number of hydrazine groups is 1. The smallest absolute Gasteiger partial charge is 0.273 e. The second kappa shape index (κ2) is 6.85. The molecule has 0 atom stereocenters. The quantitative estimate of drug-likeness (QED) is 0.502. The predicted octanol–water partition coefficient (Wildman–Crippen LogP) is 0.284. The highest BCUT2D eigenvalue weighted by Gasteiger charge is 2.03. The summed E-state index contributed by atoms with van der Waals surface area (Å²) in [5.74, 6) is 4.53. The van der Waals surface area contributed by atoms with Gasteiger partial charge in [-0.2, -0.15) is 0 Å². The average Bonchev–Trinajstić information content (AvgIpc) is 2.21. The lowest BCUT2D eigenvalue weighted by Gasteiger charge is -2.05. The molecule has 82 valence electrons. The Labute approximate surface area is 89.0 Å². The molecule has 0 bridgehead atoms. The van der Waals surface area contributed by atoms with Crippen LogP contribution < -0.4 is 16.2 Å². The van der Waals surface area contributed by atoms with Crippen molar-refractivity contribution in [3.63, 3.8) is 0 Å². The Morgan fingerprint density at radius 2 is 1.87 bits per heavy atom. The molecule has 0 aromatic carbocycles. The van der Waals surface area contributed by atoms with Crippen molar-refractivity contribution in [2.75, 3.05) is 6.54 Å². The Morgan fingerprint density at radius 3 is 2.73 bits per heavy atom. The van der Waals surface area contributed by atoms with E-state index in [2.05, 4.69) is 28.0 Å². The molecule has 1 aliphatic rings. The van der Waals surface area contributed by atoms with Crippen LogP contribution in [0.15, 0.2) is 0 Å². The molecule has 0 aromatic heterocycles. The zero-order chi connectivity index (χ0) is 10.9. The van der Waals surface area contributed by atoms with E-state index in [0.29, 0.717) is 13.0 Å². The summed E-state index contributed by atoms with van der Waals surface area (Å²) < 4.78 is 0. The normalized spacial score (nSPS) is 19.5. The summed E-state index contributed by atoms with van der Waals surface area (Å²) in [7, 11) is 0. The first kappa shape index (κ1) is 11.5. The lowest BCUT2D eigenvalue weighted by Crippen LogP contribution is -2.46. The van der Waals surface area contributed by atoms with Crippen LogP contribution in [-0.2, 0) is 4.79 Å². The molecular formula is C10H15N3O2. The second-order valence-electron chi connectivity index (χ2n) is 3.30.